The Balaban J connectivity index is 1.04. The first-order valence-corrected chi connectivity index (χ1v) is 14.2. The second-order valence-electron chi connectivity index (χ2n) is 11.8. The molecule has 1 aromatic carbocycles. The van der Waals surface area contributed by atoms with Crippen LogP contribution in [0.3, 0.4) is 0 Å². The van der Waals surface area contributed by atoms with Crippen molar-refractivity contribution in [2.24, 2.45) is 5.92 Å². The molecule has 5 aliphatic rings. The molecule has 39 heavy (non-hydrogen) atoms. The number of nitriles is 1. The van der Waals surface area contributed by atoms with E-state index in [1.54, 1.807) is 6.07 Å². The van der Waals surface area contributed by atoms with E-state index in [2.05, 4.69) is 27.7 Å². The minimum atomic E-state index is -0.786. The molecule has 7 rings (SSSR count). The summed E-state index contributed by atoms with van der Waals surface area (Å²) in [7, 11) is 0. The number of fused-ring (bicyclic) bond motifs is 4. The van der Waals surface area contributed by atoms with Crippen LogP contribution in [0.25, 0.3) is 11.3 Å². The maximum Gasteiger partial charge on any atom is 0.238 e. The zero-order valence-corrected chi connectivity index (χ0v) is 22.0. The van der Waals surface area contributed by atoms with Crippen molar-refractivity contribution in [2.45, 2.75) is 74.9 Å². The minimum absolute atomic E-state index is 0.117. The molecule has 3 saturated heterocycles. The van der Waals surface area contributed by atoms with E-state index in [9.17, 15) is 10.1 Å². The minimum Gasteiger partial charge on any atom is -0.378 e. The van der Waals surface area contributed by atoms with Gasteiger partial charge in [0.25, 0.3) is 0 Å². The molecule has 9 heteroatoms. The molecule has 5 heterocycles. The van der Waals surface area contributed by atoms with Gasteiger partial charge in [-0.3, -0.25) is 9.69 Å². The fraction of sp³-hybridized carbons (Fsp3) is 0.567. The number of hydrogen-bond acceptors (Lipinski definition) is 7. The van der Waals surface area contributed by atoms with Gasteiger partial charge in [0, 0.05) is 36.7 Å². The molecule has 2 aromatic rings. The predicted molar refractivity (Wildman–Crippen MR) is 141 cm³/mol. The number of halogens is 1. The number of likely N-dealkylation sites (tertiary alicyclic amines) is 1. The van der Waals surface area contributed by atoms with E-state index >= 15 is 4.39 Å². The number of amides is 1. The number of carbonyl (C=O) groups excluding carboxylic acids is 1. The van der Waals surface area contributed by atoms with E-state index in [0.717, 1.165) is 69.7 Å². The lowest BCUT2D eigenvalue weighted by Crippen LogP contribution is -2.54. The fourth-order valence-corrected chi connectivity index (χ4v) is 7.14. The van der Waals surface area contributed by atoms with Gasteiger partial charge in [-0.05, 0) is 55.7 Å². The van der Waals surface area contributed by atoms with Gasteiger partial charge in [-0.15, -0.1) is 0 Å². The molecule has 3 unspecified atom stereocenters. The Bertz CT molecular complexity index is 1320. The molecule has 2 N–H and O–H groups in total. The Kier molecular flexibility index (Phi) is 6.39. The number of pyridine rings is 1. The molecule has 1 aliphatic carbocycles. The fourth-order valence-electron chi connectivity index (χ4n) is 7.14. The lowest BCUT2D eigenvalue weighted by atomic mass is 9.86. The van der Waals surface area contributed by atoms with Crippen molar-refractivity contribution < 1.29 is 18.7 Å². The summed E-state index contributed by atoms with van der Waals surface area (Å²) in [6.45, 7) is 4.10. The highest BCUT2D eigenvalue weighted by molar-refractivity contribution is 5.83. The number of aromatic nitrogens is 1. The summed E-state index contributed by atoms with van der Waals surface area (Å²) in [5, 5.41) is 15.9. The molecule has 8 nitrogen and oxygen atoms in total. The van der Waals surface area contributed by atoms with Crippen molar-refractivity contribution in [2.75, 3.05) is 26.3 Å². The summed E-state index contributed by atoms with van der Waals surface area (Å²) < 4.78 is 27.0. The molecule has 2 bridgehead atoms. The van der Waals surface area contributed by atoms with Crippen molar-refractivity contribution in [1.29, 1.82) is 5.26 Å². The van der Waals surface area contributed by atoms with Crippen molar-refractivity contribution in [3.05, 3.63) is 53.0 Å². The van der Waals surface area contributed by atoms with Gasteiger partial charge in [-0.1, -0.05) is 18.2 Å². The molecule has 4 fully saturated rings. The van der Waals surface area contributed by atoms with E-state index < -0.39 is 11.9 Å². The number of hydrogen-bond donors (Lipinski definition) is 2. The third kappa shape index (κ3) is 4.53. The summed E-state index contributed by atoms with van der Waals surface area (Å²) in [4.78, 5) is 20.3. The Hall–Kier alpha value is -2.90. The van der Waals surface area contributed by atoms with Crippen LogP contribution >= 0.6 is 0 Å². The Morgan fingerprint density at radius 2 is 2.10 bits per heavy atom. The van der Waals surface area contributed by atoms with Gasteiger partial charge < -0.3 is 20.1 Å². The standard InChI is InChI=1S/C30H34FN5O3/c31-25-13-19(2-1-18(25)11-23(14-32)34-29(37)27-20-3-5-22(12-20)33-27)26-6-4-21-15-39-30(28(21)35-26)7-9-36(10-8-30)24-16-38-17-24/h1-2,4,6,13,20,22-24,27,33H,3,5,7-12,15-17H2,(H,34,37)/t20?,22?,23-,27?/m0/s1. The molecule has 4 atom stereocenters. The molecular formula is C30H34FN5O3. The van der Waals surface area contributed by atoms with Crippen LogP contribution in [0.1, 0.15) is 48.9 Å². The molecular weight excluding hydrogens is 497 g/mol. The van der Waals surface area contributed by atoms with Gasteiger partial charge in [0.05, 0.1) is 49.4 Å². The second kappa shape index (κ2) is 9.93. The number of nitrogens with zero attached hydrogens (tertiary/aromatic N) is 3. The first kappa shape index (κ1) is 25.1. The van der Waals surface area contributed by atoms with E-state index in [1.165, 1.54) is 6.07 Å². The maximum atomic E-state index is 15.3. The third-order valence-electron chi connectivity index (χ3n) is 9.54. The highest BCUT2D eigenvalue weighted by Crippen LogP contribution is 2.44. The monoisotopic (exact) mass is 531 g/mol. The smallest absolute Gasteiger partial charge is 0.238 e. The van der Waals surface area contributed by atoms with Crippen LogP contribution in [0, 0.1) is 23.1 Å². The van der Waals surface area contributed by atoms with Crippen LogP contribution in [0.15, 0.2) is 30.3 Å². The van der Waals surface area contributed by atoms with Crippen LogP contribution in [0.2, 0.25) is 0 Å². The first-order valence-electron chi connectivity index (χ1n) is 14.2. The lowest BCUT2D eigenvalue weighted by molar-refractivity contribution is -0.124. The van der Waals surface area contributed by atoms with Gasteiger partial charge in [0.2, 0.25) is 5.91 Å². The number of rotatable bonds is 6. The average Bonchev–Trinajstić information content (AvgIpc) is 3.65. The summed E-state index contributed by atoms with van der Waals surface area (Å²) in [6, 6.07) is 11.1. The SMILES string of the molecule is N#C[C@H](Cc1ccc(-c2ccc3c(n2)C2(CCN(C4COC4)CC2)OC3)cc1F)NC(=O)C1NC2CCC1C2. The number of nitrogens with one attached hydrogen (secondary N) is 2. The van der Waals surface area contributed by atoms with Crippen molar-refractivity contribution in [1.82, 2.24) is 20.5 Å². The summed E-state index contributed by atoms with van der Waals surface area (Å²) >= 11 is 0. The van der Waals surface area contributed by atoms with Crippen LogP contribution in [-0.4, -0.2) is 66.3 Å². The maximum absolute atomic E-state index is 15.3. The second-order valence-corrected chi connectivity index (χ2v) is 11.8. The van der Waals surface area contributed by atoms with Crippen molar-refractivity contribution in [3.8, 4) is 17.3 Å². The molecule has 1 aromatic heterocycles. The van der Waals surface area contributed by atoms with E-state index in [0.29, 0.717) is 41.4 Å². The lowest BCUT2D eigenvalue weighted by Gasteiger charge is -2.44. The Labute approximate surface area is 227 Å². The molecule has 1 amide bonds. The summed E-state index contributed by atoms with van der Waals surface area (Å²) in [6.07, 6.45) is 5.06. The van der Waals surface area contributed by atoms with Gasteiger partial charge in [-0.2, -0.15) is 5.26 Å². The zero-order chi connectivity index (χ0) is 26.6. The van der Waals surface area contributed by atoms with Gasteiger partial charge >= 0.3 is 0 Å². The third-order valence-corrected chi connectivity index (χ3v) is 9.54. The number of ether oxygens (including phenoxy) is 2. The molecule has 4 aliphatic heterocycles. The van der Waals surface area contributed by atoms with E-state index in [1.807, 2.05) is 12.1 Å². The molecule has 1 spiro atoms. The van der Waals surface area contributed by atoms with Crippen molar-refractivity contribution in [3.63, 3.8) is 0 Å². The highest BCUT2D eigenvalue weighted by Gasteiger charge is 2.46. The molecule has 1 saturated carbocycles. The number of benzene rings is 1. The number of carbonyl (C=O) groups is 1. The predicted octanol–water partition coefficient (Wildman–Crippen LogP) is 2.80. The van der Waals surface area contributed by atoms with Crippen LogP contribution in [0.4, 0.5) is 4.39 Å². The van der Waals surface area contributed by atoms with Gasteiger partial charge in [-0.25, -0.2) is 9.37 Å². The van der Waals surface area contributed by atoms with Crippen LogP contribution in [-0.2, 0) is 32.9 Å². The van der Waals surface area contributed by atoms with Gasteiger partial charge in [0.15, 0.2) is 0 Å². The normalized spacial score (nSPS) is 28.2. The quantitative estimate of drug-likeness (QED) is 0.592. The Morgan fingerprint density at radius 1 is 1.26 bits per heavy atom. The molecule has 204 valence electrons. The van der Waals surface area contributed by atoms with Crippen molar-refractivity contribution >= 4 is 5.91 Å². The number of piperidine rings is 2. The highest BCUT2D eigenvalue weighted by atomic mass is 19.1. The topological polar surface area (TPSA) is 99.5 Å². The van der Waals surface area contributed by atoms with Crippen LogP contribution in [0.5, 0.6) is 0 Å². The summed E-state index contributed by atoms with van der Waals surface area (Å²) in [5.74, 6) is -0.222. The zero-order valence-electron chi connectivity index (χ0n) is 22.0. The largest absolute Gasteiger partial charge is 0.378 e. The molecule has 0 radical (unpaired) electrons. The van der Waals surface area contributed by atoms with E-state index in [-0.39, 0.29) is 24.0 Å². The van der Waals surface area contributed by atoms with Crippen LogP contribution < -0.4 is 10.6 Å². The average molecular weight is 532 g/mol. The Morgan fingerprint density at radius 3 is 2.77 bits per heavy atom. The van der Waals surface area contributed by atoms with Gasteiger partial charge in [0.1, 0.15) is 17.5 Å². The first-order chi connectivity index (χ1) is 19.0. The summed E-state index contributed by atoms with van der Waals surface area (Å²) in [5.41, 5.74) is 3.51. The van der Waals surface area contributed by atoms with E-state index in [4.69, 9.17) is 14.5 Å².